The first-order valence-electron chi connectivity index (χ1n) is 8.57. The van der Waals surface area contributed by atoms with Crippen LogP contribution in [-0.2, 0) is 16.0 Å². The fourth-order valence-electron chi connectivity index (χ4n) is 2.77. The van der Waals surface area contributed by atoms with Crippen LogP contribution in [0.4, 0.5) is 0 Å². The van der Waals surface area contributed by atoms with E-state index in [0.29, 0.717) is 23.1 Å². The standard InChI is InChI=1S/C19H23NO6S/c1-4-5-12-8-17(22)26-15-7-11(2)6-14(18(12)15)25-9-16(21)20-13(10-27-3)19(23)24/h6-8,13H,4-5,9-10H2,1-3H3,(H,20,21)(H,23,24)/t13-/m0/s1. The van der Waals surface area contributed by atoms with Crippen molar-refractivity contribution in [1.29, 1.82) is 0 Å². The number of rotatable bonds is 9. The first-order chi connectivity index (χ1) is 12.8. The second-order valence-corrected chi connectivity index (χ2v) is 7.09. The van der Waals surface area contributed by atoms with Crippen LogP contribution < -0.4 is 15.7 Å². The van der Waals surface area contributed by atoms with Crippen molar-refractivity contribution >= 4 is 34.6 Å². The van der Waals surface area contributed by atoms with E-state index in [1.54, 1.807) is 18.4 Å². The van der Waals surface area contributed by atoms with Crippen LogP contribution in [0, 0.1) is 6.92 Å². The molecule has 0 aliphatic heterocycles. The van der Waals surface area contributed by atoms with Gasteiger partial charge in [0.15, 0.2) is 6.61 Å². The van der Waals surface area contributed by atoms with Crippen molar-refractivity contribution in [2.75, 3.05) is 18.6 Å². The molecule has 1 aromatic carbocycles. The summed E-state index contributed by atoms with van der Waals surface area (Å²) in [5.41, 5.74) is 1.60. The van der Waals surface area contributed by atoms with Crippen LogP contribution >= 0.6 is 11.8 Å². The zero-order valence-electron chi connectivity index (χ0n) is 15.5. The summed E-state index contributed by atoms with van der Waals surface area (Å²) in [5, 5.41) is 12.2. The molecule has 0 spiro atoms. The van der Waals surface area contributed by atoms with Crippen LogP contribution in [0.15, 0.2) is 27.4 Å². The number of carbonyl (C=O) groups excluding carboxylic acids is 1. The first-order valence-corrected chi connectivity index (χ1v) is 9.96. The number of ether oxygens (including phenoxy) is 1. The van der Waals surface area contributed by atoms with Crippen LogP contribution in [0.1, 0.15) is 24.5 Å². The molecule has 0 radical (unpaired) electrons. The Morgan fingerprint density at radius 2 is 2.07 bits per heavy atom. The molecule has 146 valence electrons. The van der Waals surface area contributed by atoms with Crippen LogP contribution in [0.5, 0.6) is 5.75 Å². The smallest absolute Gasteiger partial charge is 0.336 e. The first kappa shape index (κ1) is 20.8. The van der Waals surface area contributed by atoms with Gasteiger partial charge in [-0.3, -0.25) is 4.79 Å². The Labute approximate surface area is 161 Å². The number of aliphatic carboxylic acids is 1. The van der Waals surface area contributed by atoms with E-state index < -0.39 is 23.5 Å². The number of hydrogen-bond acceptors (Lipinski definition) is 6. The van der Waals surface area contributed by atoms with Gasteiger partial charge in [0.1, 0.15) is 17.4 Å². The van der Waals surface area contributed by atoms with Crippen LogP contribution in [0.3, 0.4) is 0 Å². The molecule has 27 heavy (non-hydrogen) atoms. The highest BCUT2D eigenvalue weighted by Gasteiger charge is 2.20. The van der Waals surface area contributed by atoms with Gasteiger partial charge in [-0.05, 0) is 42.9 Å². The second-order valence-electron chi connectivity index (χ2n) is 6.18. The maximum absolute atomic E-state index is 12.1. The normalized spacial score (nSPS) is 12.0. The lowest BCUT2D eigenvalue weighted by Gasteiger charge is -2.15. The average molecular weight is 393 g/mol. The monoisotopic (exact) mass is 393 g/mol. The number of aryl methyl sites for hydroxylation is 2. The fraction of sp³-hybridized carbons (Fsp3) is 0.421. The molecule has 1 amide bonds. The van der Waals surface area contributed by atoms with E-state index in [0.717, 1.165) is 17.5 Å². The Morgan fingerprint density at radius 3 is 2.70 bits per heavy atom. The zero-order valence-corrected chi connectivity index (χ0v) is 16.4. The predicted molar refractivity (Wildman–Crippen MR) is 105 cm³/mol. The lowest BCUT2D eigenvalue weighted by molar-refractivity contribution is -0.141. The molecule has 1 heterocycles. The van der Waals surface area contributed by atoms with Gasteiger partial charge in [0.2, 0.25) is 0 Å². The van der Waals surface area contributed by atoms with Crippen LogP contribution in [0.25, 0.3) is 11.0 Å². The number of carboxylic acids is 1. The minimum atomic E-state index is -1.09. The van der Waals surface area contributed by atoms with Crippen molar-refractivity contribution in [3.05, 3.63) is 39.7 Å². The van der Waals surface area contributed by atoms with Crippen molar-refractivity contribution < 1.29 is 23.8 Å². The summed E-state index contributed by atoms with van der Waals surface area (Å²) in [5.74, 6) is -0.921. The Bertz CT molecular complexity index is 892. The number of nitrogens with one attached hydrogen (secondary N) is 1. The third kappa shape index (κ3) is 5.50. The molecule has 0 bridgehead atoms. The molecule has 0 aliphatic carbocycles. The topological polar surface area (TPSA) is 106 Å². The van der Waals surface area contributed by atoms with Gasteiger partial charge in [0.05, 0.1) is 5.39 Å². The summed E-state index contributed by atoms with van der Waals surface area (Å²) in [4.78, 5) is 35.1. The van der Waals surface area contributed by atoms with E-state index >= 15 is 0 Å². The van der Waals surface area contributed by atoms with Gasteiger partial charge in [-0.1, -0.05) is 13.3 Å². The summed E-state index contributed by atoms with van der Waals surface area (Å²) in [6, 6.07) is 3.99. The van der Waals surface area contributed by atoms with Crippen molar-refractivity contribution in [2.24, 2.45) is 0 Å². The molecule has 8 heteroatoms. The average Bonchev–Trinajstić information content (AvgIpc) is 2.58. The number of amides is 1. The van der Waals surface area contributed by atoms with Crippen molar-refractivity contribution in [2.45, 2.75) is 32.7 Å². The van der Waals surface area contributed by atoms with Gasteiger partial charge < -0.3 is 19.6 Å². The van der Waals surface area contributed by atoms with Gasteiger partial charge in [0.25, 0.3) is 5.91 Å². The largest absolute Gasteiger partial charge is 0.483 e. The third-order valence-electron chi connectivity index (χ3n) is 3.88. The minimum Gasteiger partial charge on any atom is -0.483 e. The molecule has 2 rings (SSSR count). The quantitative estimate of drug-likeness (QED) is 0.630. The Hall–Kier alpha value is -2.48. The number of fused-ring (bicyclic) bond motifs is 1. The summed E-state index contributed by atoms with van der Waals surface area (Å²) in [6.07, 6.45) is 3.27. The number of thioether (sulfide) groups is 1. The van der Waals surface area contributed by atoms with Gasteiger partial charge in [-0.2, -0.15) is 11.8 Å². The van der Waals surface area contributed by atoms with E-state index in [9.17, 15) is 14.4 Å². The van der Waals surface area contributed by atoms with E-state index in [2.05, 4.69) is 5.32 Å². The SMILES string of the molecule is CCCc1cc(=O)oc2cc(C)cc(OCC(=O)N[C@@H](CSC)C(=O)O)c12. The molecule has 2 aromatic rings. The molecule has 0 saturated carbocycles. The van der Waals surface area contributed by atoms with E-state index in [1.807, 2.05) is 13.8 Å². The molecular formula is C19H23NO6S. The van der Waals surface area contributed by atoms with Crippen LogP contribution in [0.2, 0.25) is 0 Å². The number of carbonyl (C=O) groups is 2. The molecule has 1 atom stereocenters. The van der Waals surface area contributed by atoms with Gasteiger partial charge >= 0.3 is 11.6 Å². The molecule has 2 N–H and O–H groups in total. The lowest BCUT2D eigenvalue weighted by Crippen LogP contribution is -2.44. The van der Waals surface area contributed by atoms with E-state index in [-0.39, 0.29) is 12.4 Å². The molecule has 0 saturated heterocycles. The summed E-state index contributed by atoms with van der Waals surface area (Å²) >= 11 is 1.33. The Balaban J connectivity index is 2.26. The molecule has 1 aromatic heterocycles. The van der Waals surface area contributed by atoms with E-state index in [4.69, 9.17) is 14.3 Å². The lowest BCUT2D eigenvalue weighted by atomic mass is 10.0. The molecule has 0 fully saturated rings. The van der Waals surface area contributed by atoms with Gasteiger partial charge in [-0.15, -0.1) is 0 Å². The summed E-state index contributed by atoms with van der Waals surface area (Å²) < 4.78 is 11.0. The predicted octanol–water partition coefficient (Wildman–Crippen LogP) is 2.37. The summed E-state index contributed by atoms with van der Waals surface area (Å²) in [6.45, 7) is 3.50. The highest BCUT2D eigenvalue weighted by atomic mass is 32.2. The number of benzene rings is 1. The van der Waals surface area contributed by atoms with Gasteiger partial charge in [0, 0.05) is 11.8 Å². The summed E-state index contributed by atoms with van der Waals surface area (Å²) in [7, 11) is 0. The second kappa shape index (κ2) is 9.45. The van der Waals surface area contributed by atoms with Crippen molar-refractivity contribution in [3.8, 4) is 5.75 Å². The third-order valence-corrected chi connectivity index (χ3v) is 4.55. The zero-order chi connectivity index (χ0) is 20.0. The highest BCUT2D eigenvalue weighted by molar-refractivity contribution is 7.98. The number of hydrogen-bond donors (Lipinski definition) is 2. The maximum atomic E-state index is 12.1. The Morgan fingerprint density at radius 1 is 1.33 bits per heavy atom. The number of carboxylic acid groups (broad SMARTS) is 1. The molecule has 0 aliphatic rings. The molecular weight excluding hydrogens is 370 g/mol. The fourth-order valence-corrected chi connectivity index (χ4v) is 3.33. The van der Waals surface area contributed by atoms with Gasteiger partial charge in [-0.25, -0.2) is 9.59 Å². The maximum Gasteiger partial charge on any atom is 0.336 e. The van der Waals surface area contributed by atoms with Crippen molar-refractivity contribution in [1.82, 2.24) is 5.32 Å². The van der Waals surface area contributed by atoms with E-state index in [1.165, 1.54) is 17.8 Å². The molecule has 7 nitrogen and oxygen atoms in total. The van der Waals surface area contributed by atoms with Crippen LogP contribution in [-0.4, -0.2) is 41.6 Å². The van der Waals surface area contributed by atoms with Crippen molar-refractivity contribution in [3.63, 3.8) is 0 Å². The minimum absolute atomic E-state index is 0.264. The molecule has 0 unspecified atom stereocenters. The highest BCUT2D eigenvalue weighted by Crippen LogP contribution is 2.30. The Kier molecular flexibility index (Phi) is 7.29.